The van der Waals surface area contributed by atoms with Crippen LogP contribution in [0.2, 0.25) is 0 Å². The lowest BCUT2D eigenvalue weighted by atomic mass is 9.74. The van der Waals surface area contributed by atoms with Crippen LogP contribution in [-0.2, 0) is 14.4 Å². The number of aliphatic carboxylic acids is 1. The summed E-state index contributed by atoms with van der Waals surface area (Å²) in [6.07, 6.45) is 0. The van der Waals surface area contributed by atoms with E-state index in [0.717, 1.165) is 0 Å². The maximum absolute atomic E-state index is 12.1. The van der Waals surface area contributed by atoms with Gasteiger partial charge in [0.05, 0.1) is 17.5 Å². The largest absolute Gasteiger partial charge is 0.481 e. The van der Waals surface area contributed by atoms with Crippen LogP contribution in [0, 0.1) is 5.41 Å². The first kappa shape index (κ1) is 15.4. The molecule has 1 saturated heterocycles. The van der Waals surface area contributed by atoms with Crippen molar-refractivity contribution in [1.82, 2.24) is 16.0 Å². The predicted octanol–water partition coefficient (Wildman–Crippen LogP) is -0.920. The molecule has 1 atom stereocenters. The van der Waals surface area contributed by atoms with Crippen molar-refractivity contribution >= 4 is 17.8 Å². The van der Waals surface area contributed by atoms with Gasteiger partial charge in [-0.2, -0.15) is 0 Å². The van der Waals surface area contributed by atoms with Gasteiger partial charge in [0.25, 0.3) is 0 Å². The Morgan fingerprint density at radius 2 is 1.89 bits per heavy atom. The minimum absolute atomic E-state index is 0.0842. The first-order valence-electron chi connectivity index (χ1n) is 6.13. The van der Waals surface area contributed by atoms with Crippen molar-refractivity contribution in [2.24, 2.45) is 5.41 Å². The normalized spacial score (nSPS) is 20.6. The van der Waals surface area contributed by atoms with Crippen LogP contribution < -0.4 is 16.0 Å². The van der Waals surface area contributed by atoms with Crippen molar-refractivity contribution in [3.63, 3.8) is 0 Å². The van der Waals surface area contributed by atoms with Gasteiger partial charge < -0.3 is 15.7 Å². The van der Waals surface area contributed by atoms with Crippen LogP contribution in [0.1, 0.15) is 27.7 Å². The number of amides is 2. The fourth-order valence-corrected chi connectivity index (χ4v) is 1.57. The van der Waals surface area contributed by atoms with Gasteiger partial charge in [-0.1, -0.05) is 0 Å². The van der Waals surface area contributed by atoms with Gasteiger partial charge >= 0.3 is 5.97 Å². The lowest BCUT2D eigenvalue weighted by molar-refractivity contribution is -0.152. The van der Waals surface area contributed by atoms with Crippen LogP contribution in [-0.4, -0.2) is 47.6 Å². The molecule has 7 heteroatoms. The van der Waals surface area contributed by atoms with E-state index in [1.165, 1.54) is 0 Å². The van der Waals surface area contributed by atoms with Gasteiger partial charge in [-0.25, -0.2) is 0 Å². The van der Waals surface area contributed by atoms with E-state index < -0.39 is 23.0 Å². The summed E-state index contributed by atoms with van der Waals surface area (Å²) in [7, 11) is 0. The summed E-state index contributed by atoms with van der Waals surface area (Å²) < 4.78 is 0. The Morgan fingerprint density at radius 1 is 1.32 bits per heavy atom. The molecule has 1 fully saturated rings. The summed E-state index contributed by atoms with van der Waals surface area (Å²) in [4.78, 5) is 34.3. The zero-order valence-corrected chi connectivity index (χ0v) is 11.7. The zero-order valence-electron chi connectivity index (χ0n) is 11.7. The average Bonchev–Trinajstić information content (AvgIpc) is 2.28. The van der Waals surface area contributed by atoms with Crippen molar-refractivity contribution < 1.29 is 19.5 Å². The number of carboxylic acid groups (broad SMARTS) is 1. The molecule has 1 heterocycles. The lowest BCUT2D eigenvalue weighted by Crippen LogP contribution is -2.64. The van der Waals surface area contributed by atoms with Crippen molar-refractivity contribution in [1.29, 1.82) is 0 Å². The van der Waals surface area contributed by atoms with Gasteiger partial charge in [0.15, 0.2) is 0 Å². The molecular weight excluding hydrogens is 250 g/mol. The molecular formula is C12H21N3O4. The van der Waals surface area contributed by atoms with Crippen molar-refractivity contribution in [2.75, 3.05) is 13.1 Å². The predicted molar refractivity (Wildman–Crippen MR) is 68.4 cm³/mol. The van der Waals surface area contributed by atoms with Crippen molar-refractivity contribution in [3.8, 4) is 0 Å². The highest BCUT2D eigenvalue weighted by molar-refractivity contribution is 5.88. The number of carboxylic acids is 1. The summed E-state index contributed by atoms with van der Waals surface area (Å²) in [5, 5.41) is 17.3. The summed E-state index contributed by atoms with van der Waals surface area (Å²) in [5.74, 6) is -1.46. The molecule has 0 aromatic carbocycles. The number of hydrogen-bond donors (Lipinski definition) is 4. The third-order valence-electron chi connectivity index (χ3n) is 3.86. The Balaban J connectivity index is 2.70. The lowest BCUT2D eigenvalue weighted by Gasteiger charge is -2.40. The van der Waals surface area contributed by atoms with E-state index in [1.54, 1.807) is 27.7 Å². The highest BCUT2D eigenvalue weighted by Gasteiger charge is 2.45. The number of nitrogens with one attached hydrogen (secondary N) is 3. The second-order valence-electron chi connectivity index (χ2n) is 5.78. The minimum atomic E-state index is -1.11. The molecule has 0 aliphatic carbocycles. The van der Waals surface area contributed by atoms with Crippen molar-refractivity contribution in [3.05, 3.63) is 0 Å². The van der Waals surface area contributed by atoms with E-state index in [4.69, 9.17) is 0 Å². The smallest absolute Gasteiger partial charge is 0.311 e. The van der Waals surface area contributed by atoms with E-state index in [0.29, 0.717) is 0 Å². The van der Waals surface area contributed by atoms with Gasteiger partial charge in [0.2, 0.25) is 11.8 Å². The summed E-state index contributed by atoms with van der Waals surface area (Å²) >= 11 is 0. The van der Waals surface area contributed by atoms with E-state index in [-0.39, 0.29) is 24.9 Å². The quantitative estimate of drug-likeness (QED) is 0.529. The zero-order chi connectivity index (χ0) is 14.8. The SMILES string of the molecule is CC(C)(NC(=O)C1CNC(=O)CN1)C(C)(C)C(=O)O. The number of carbonyl (C=O) groups excluding carboxylic acids is 2. The number of rotatable bonds is 4. The van der Waals surface area contributed by atoms with Crippen LogP contribution in [0.25, 0.3) is 0 Å². The van der Waals surface area contributed by atoms with Gasteiger partial charge in [-0.3, -0.25) is 19.7 Å². The molecule has 108 valence electrons. The second-order valence-corrected chi connectivity index (χ2v) is 5.78. The maximum atomic E-state index is 12.1. The maximum Gasteiger partial charge on any atom is 0.311 e. The monoisotopic (exact) mass is 271 g/mol. The Labute approximate surface area is 112 Å². The Hall–Kier alpha value is -1.63. The topological polar surface area (TPSA) is 108 Å². The van der Waals surface area contributed by atoms with E-state index in [9.17, 15) is 19.5 Å². The molecule has 0 spiro atoms. The highest BCUT2D eigenvalue weighted by Crippen LogP contribution is 2.30. The molecule has 0 radical (unpaired) electrons. The highest BCUT2D eigenvalue weighted by atomic mass is 16.4. The minimum Gasteiger partial charge on any atom is -0.481 e. The Bertz CT molecular complexity index is 394. The van der Waals surface area contributed by atoms with E-state index in [1.807, 2.05) is 0 Å². The molecule has 0 saturated carbocycles. The fourth-order valence-electron chi connectivity index (χ4n) is 1.57. The Kier molecular flexibility index (Phi) is 4.19. The van der Waals surface area contributed by atoms with Crippen LogP contribution in [0.15, 0.2) is 0 Å². The van der Waals surface area contributed by atoms with Crippen LogP contribution in [0.3, 0.4) is 0 Å². The van der Waals surface area contributed by atoms with Gasteiger partial charge in [-0.15, -0.1) is 0 Å². The van der Waals surface area contributed by atoms with Crippen LogP contribution in [0.5, 0.6) is 0 Å². The average molecular weight is 271 g/mol. The van der Waals surface area contributed by atoms with E-state index >= 15 is 0 Å². The van der Waals surface area contributed by atoms with Gasteiger partial charge in [-0.05, 0) is 27.7 Å². The fraction of sp³-hybridized carbons (Fsp3) is 0.750. The summed E-state index contributed by atoms with van der Waals surface area (Å²) in [5.41, 5.74) is -2.03. The molecule has 0 aromatic rings. The molecule has 1 rings (SSSR count). The standard InChI is InChI=1S/C12H21N3O4/c1-11(2,10(18)19)12(3,4)15-9(17)7-5-14-8(16)6-13-7/h7,13H,5-6H2,1-4H3,(H,14,16)(H,15,17)(H,18,19). The third kappa shape index (κ3) is 3.23. The third-order valence-corrected chi connectivity index (χ3v) is 3.86. The molecule has 1 aliphatic heterocycles. The molecule has 7 nitrogen and oxygen atoms in total. The van der Waals surface area contributed by atoms with E-state index in [2.05, 4.69) is 16.0 Å². The number of carbonyl (C=O) groups is 3. The molecule has 1 unspecified atom stereocenters. The summed E-state index contributed by atoms with van der Waals surface area (Å²) in [6.45, 7) is 6.74. The molecule has 19 heavy (non-hydrogen) atoms. The molecule has 0 aromatic heterocycles. The molecule has 0 bridgehead atoms. The Morgan fingerprint density at radius 3 is 2.32 bits per heavy atom. The first-order valence-corrected chi connectivity index (χ1v) is 6.13. The number of hydrogen-bond acceptors (Lipinski definition) is 4. The van der Waals surface area contributed by atoms with Crippen molar-refractivity contribution in [2.45, 2.75) is 39.3 Å². The molecule has 1 aliphatic rings. The van der Waals surface area contributed by atoms with Crippen LogP contribution in [0.4, 0.5) is 0 Å². The molecule has 2 amide bonds. The van der Waals surface area contributed by atoms with Crippen LogP contribution >= 0.6 is 0 Å². The number of piperazine rings is 1. The first-order chi connectivity index (χ1) is 8.58. The van der Waals surface area contributed by atoms with Gasteiger partial charge in [0, 0.05) is 6.54 Å². The summed E-state index contributed by atoms with van der Waals surface area (Å²) in [6, 6.07) is -0.540. The second kappa shape index (κ2) is 5.16. The van der Waals surface area contributed by atoms with Gasteiger partial charge in [0.1, 0.15) is 6.04 Å². The molecule has 4 N–H and O–H groups in total.